The zero-order valence-electron chi connectivity index (χ0n) is 10.6. The number of hydrogen-bond acceptors (Lipinski definition) is 2. The standard InChI is InChI=1S/C15H15BrClNO/c1-10(18)12-4-7-15(14(17)8-12)19-9-11-2-5-13(16)6-3-11/h2-8,10H,9,18H2,1H3/t10-/m0/s1. The molecule has 0 spiro atoms. The van der Waals surface area contributed by atoms with Gasteiger partial charge in [0.25, 0.3) is 0 Å². The van der Waals surface area contributed by atoms with Crippen LogP contribution in [-0.4, -0.2) is 0 Å². The molecule has 4 heteroatoms. The Morgan fingerprint density at radius 3 is 2.47 bits per heavy atom. The van der Waals surface area contributed by atoms with Crippen molar-refractivity contribution in [3.05, 3.63) is 63.1 Å². The largest absolute Gasteiger partial charge is 0.487 e. The Morgan fingerprint density at radius 2 is 1.89 bits per heavy atom. The third-order valence-electron chi connectivity index (χ3n) is 2.79. The number of halogens is 2. The summed E-state index contributed by atoms with van der Waals surface area (Å²) in [6, 6.07) is 13.6. The first-order chi connectivity index (χ1) is 9.06. The highest BCUT2D eigenvalue weighted by atomic mass is 79.9. The molecular weight excluding hydrogens is 326 g/mol. The van der Waals surface area contributed by atoms with Crippen molar-refractivity contribution in [3.63, 3.8) is 0 Å². The molecule has 19 heavy (non-hydrogen) atoms. The lowest BCUT2D eigenvalue weighted by molar-refractivity contribution is 0.306. The Balaban J connectivity index is 2.05. The van der Waals surface area contributed by atoms with E-state index in [-0.39, 0.29) is 6.04 Å². The fraction of sp³-hybridized carbons (Fsp3) is 0.200. The van der Waals surface area contributed by atoms with Crippen molar-refractivity contribution in [2.24, 2.45) is 5.73 Å². The number of ether oxygens (including phenoxy) is 1. The first-order valence-corrected chi connectivity index (χ1v) is 7.15. The maximum Gasteiger partial charge on any atom is 0.138 e. The van der Waals surface area contributed by atoms with Crippen molar-refractivity contribution < 1.29 is 4.74 Å². The van der Waals surface area contributed by atoms with Crippen LogP contribution in [0.4, 0.5) is 0 Å². The topological polar surface area (TPSA) is 35.2 Å². The number of nitrogens with two attached hydrogens (primary N) is 1. The monoisotopic (exact) mass is 339 g/mol. The zero-order chi connectivity index (χ0) is 13.8. The highest BCUT2D eigenvalue weighted by Crippen LogP contribution is 2.28. The van der Waals surface area contributed by atoms with Gasteiger partial charge >= 0.3 is 0 Å². The summed E-state index contributed by atoms with van der Waals surface area (Å²) in [7, 11) is 0. The highest BCUT2D eigenvalue weighted by molar-refractivity contribution is 9.10. The quantitative estimate of drug-likeness (QED) is 0.875. The molecule has 0 radical (unpaired) electrons. The van der Waals surface area contributed by atoms with Crippen LogP contribution in [0, 0.1) is 0 Å². The molecule has 0 saturated carbocycles. The van der Waals surface area contributed by atoms with Crippen molar-refractivity contribution >= 4 is 27.5 Å². The summed E-state index contributed by atoms with van der Waals surface area (Å²) in [4.78, 5) is 0. The van der Waals surface area contributed by atoms with Crippen molar-refractivity contribution in [1.82, 2.24) is 0 Å². The Labute approximate surface area is 126 Å². The fourth-order valence-electron chi connectivity index (χ4n) is 1.66. The second-order valence-electron chi connectivity index (χ2n) is 4.39. The first kappa shape index (κ1) is 14.4. The van der Waals surface area contributed by atoms with E-state index in [4.69, 9.17) is 22.1 Å². The summed E-state index contributed by atoms with van der Waals surface area (Å²) in [6.07, 6.45) is 0. The minimum Gasteiger partial charge on any atom is -0.487 e. The summed E-state index contributed by atoms with van der Waals surface area (Å²) in [5.41, 5.74) is 7.90. The third-order valence-corrected chi connectivity index (χ3v) is 3.61. The van der Waals surface area contributed by atoms with Gasteiger partial charge in [0.2, 0.25) is 0 Å². The molecule has 2 rings (SSSR count). The summed E-state index contributed by atoms with van der Waals surface area (Å²) >= 11 is 9.58. The molecule has 0 aliphatic carbocycles. The van der Waals surface area contributed by atoms with Gasteiger partial charge in [-0.2, -0.15) is 0 Å². The van der Waals surface area contributed by atoms with Crippen LogP contribution in [0.1, 0.15) is 24.1 Å². The third kappa shape index (κ3) is 3.96. The van der Waals surface area contributed by atoms with Crippen molar-refractivity contribution in [2.75, 3.05) is 0 Å². The molecule has 0 fully saturated rings. The minimum atomic E-state index is -0.0296. The molecule has 0 aromatic heterocycles. The lowest BCUT2D eigenvalue weighted by Gasteiger charge is -2.11. The van der Waals surface area contributed by atoms with E-state index in [1.165, 1.54) is 0 Å². The lowest BCUT2D eigenvalue weighted by atomic mass is 10.1. The molecule has 0 aliphatic heterocycles. The predicted octanol–water partition coefficient (Wildman–Crippen LogP) is 4.70. The Kier molecular flexibility index (Phi) is 4.86. The van der Waals surface area contributed by atoms with Gasteiger partial charge in [-0.05, 0) is 42.3 Å². The molecule has 0 bridgehead atoms. The van der Waals surface area contributed by atoms with E-state index in [0.717, 1.165) is 15.6 Å². The van der Waals surface area contributed by atoms with Gasteiger partial charge in [0.05, 0.1) is 5.02 Å². The van der Waals surface area contributed by atoms with Crippen LogP contribution >= 0.6 is 27.5 Å². The van der Waals surface area contributed by atoms with Gasteiger partial charge in [0.1, 0.15) is 12.4 Å². The second-order valence-corrected chi connectivity index (χ2v) is 5.72. The van der Waals surface area contributed by atoms with Gasteiger partial charge < -0.3 is 10.5 Å². The van der Waals surface area contributed by atoms with Crippen molar-refractivity contribution in [1.29, 1.82) is 0 Å². The molecule has 100 valence electrons. The molecule has 2 nitrogen and oxygen atoms in total. The van der Waals surface area contributed by atoms with Gasteiger partial charge in [-0.25, -0.2) is 0 Å². The lowest BCUT2D eigenvalue weighted by Crippen LogP contribution is -2.05. The van der Waals surface area contributed by atoms with Crippen LogP contribution in [0.2, 0.25) is 5.02 Å². The molecule has 0 amide bonds. The molecule has 0 heterocycles. The SMILES string of the molecule is C[C@H](N)c1ccc(OCc2ccc(Br)cc2)c(Cl)c1. The van der Waals surface area contributed by atoms with E-state index in [0.29, 0.717) is 17.4 Å². The van der Waals surface area contributed by atoms with E-state index in [2.05, 4.69) is 15.9 Å². The average molecular weight is 341 g/mol. The van der Waals surface area contributed by atoms with Crippen LogP contribution in [0.3, 0.4) is 0 Å². The Morgan fingerprint density at radius 1 is 1.21 bits per heavy atom. The normalized spacial score (nSPS) is 12.2. The Hall–Kier alpha value is -1.03. The number of hydrogen-bond donors (Lipinski definition) is 1. The summed E-state index contributed by atoms with van der Waals surface area (Å²) in [5.74, 6) is 0.675. The van der Waals surface area contributed by atoms with E-state index >= 15 is 0 Å². The van der Waals surface area contributed by atoms with Crippen LogP contribution in [0.15, 0.2) is 46.9 Å². The van der Waals surface area contributed by atoms with Gasteiger partial charge in [-0.15, -0.1) is 0 Å². The molecule has 0 saturated heterocycles. The van der Waals surface area contributed by atoms with Gasteiger partial charge in [0.15, 0.2) is 0 Å². The first-order valence-electron chi connectivity index (χ1n) is 5.98. The maximum absolute atomic E-state index is 6.18. The van der Waals surface area contributed by atoms with Gasteiger partial charge in [-0.3, -0.25) is 0 Å². The number of rotatable bonds is 4. The number of benzene rings is 2. The molecular formula is C15H15BrClNO. The van der Waals surface area contributed by atoms with E-state index in [1.54, 1.807) is 0 Å². The van der Waals surface area contributed by atoms with Crippen molar-refractivity contribution in [2.45, 2.75) is 19.6 Å². The van der Waals surface area contributed by atoms with Crippen molar-refractivity contribution in [3.8, 4) is 5.75 Å². The summed E-state index contributed by atoms with van der Waals surface area (Å²) in [5, 5.41) is 0.590. The van der Waals surface area contributed by atoms with E-state index in [9.17, 15) is 0 Å². The van der Waals surface area contributed by atoms with E-state index in [1.807, 2.05) is 49.4 Å². The smallest absolute Gasteiger partial charge is 0.138 e. The Bertz CT molecular complexity index is 555. The minimum absolute atomic E-state index is 0.0296. The van der Waals surface area contributed by atoms with Gasteiger partial charge in [0, 0.05) is 10.5 Å². The average Bonchev–Trinajstić information content (AvgIpc) is 2.39. The fourth-order valence-corrected chi connectivity index (χ4v) is 2.17. The molecule has 2 N–H and O–H groups in total. The van der Waals surface area contributed by atoms with Gasteiger partial charge in [-0.1, -0.05) is 45.7 Å². The second kappa shape index (κ2) is 6.42. The van der Waals surface area contributed by atoms with E-state index < -0.39 is 0 Å². The molecule has 0 unspecified atom stereocenters. The molecule has 2 aromatic rings. The van der Waals surface area contributed by atoms with Crippen LogP contribution in [0.25, 0.3) is 0 Å². The molecule has 0 aliphatic rings. The van der Waals surface area contributed by atoms with Crippen LogP contribution < -0.4 is 10.5 Å². The van der Waals surface area contributed by atoms with Crippen LogP contribution in [-0.2, 0) is 6.61 Å². The predicted molar refractivity (Wildman–Crippen MR) is 82.5 cm³/mol. The summed E-state index contributed by atoms with van der Waals surface area (Å²) < 4.78 is 6.76. The van der Waals surface area contributed by atoms with Crippen LogP contribution in [0.5, 0.6) is 5.75 Å². The maximum atomic E-state index is 6.18. The molecule has 2 aromatic carbocycles. The zero-order valence-corrected chi connectivity index (χ0v) is 12.9. The highest BCUT2D eigenvalue weighted by Gasteiger charge is 2.06. The molecule has 1 atom stereocenters. The summed E-state index contributed by atoms with van der Waals surface area (Å²) in [6.45, 7) is 2.42.